The number of hydrogen-bond acceptors (Lipinski definition) is 4. The zero-order valence-electron chi connectivity index (χ0n) is 17.0. The minimum absolute atomic E-state index is 0.164. The summed E-state index contributed by atoms with van der Waals surface area (Å²) in [6.45, 7) is 2.64. The number of carbonyl (C=O) groups is 1. The summed E-state index contributed by atoms with van der Waals surface area (Å²) < 4.78 is 29.0. The van der Waals surface area contributed by atoms with Gasteiger partial charge in [0, 0.05) is 11.9 Å². The van der Waals surface area contributed by atoms with Gasteiger partial charge in [0.2, 0.25) is 15.9 Å². The lowest BCUT2D eigenvalue weighted by Crippen LogP contribution is -2.46. The first-order chi connectivity index (χ1) is 14.4. The molecule has 3 aromatic rings. The number of amides is 1. The van der Waals surface area contributed by atoms with E-state index in [1.165, 1.54) is 0 Å². The maximum absolute atomic E-state index is 13.2. The van der Waals surface area contributed by atoms with E-state index in [1.54, 1.807) is 24.3 Å². The van der Waals surface area contributed by atoms with Crippen molar-refractivity contribution in [1.29, 1.82) is 0 Å². The number of aryl methyl sites for hydroxylation is 1. The maximum Gasteiger partial charge on any atom is 0.241 e. The largest absolute Gasteiger partial charge is 0.351 e. The molecule has 0 spiro atoms. The highest BCUT2D eigenvalue weighted by Crippen LogP contribution is 2.26. The van der Waals surface area contributed by atoms with E-state index >= 15 is 0 Å². The van der Waals surface area contributed by atoms with Gasteiger partial charge in [0.25, 0.3) is 0 Å². The molecule has 3 rings (SSSR count). The summed E-state index contributed by atoms with van der Waals surface area (Å²) in [5, 5.41) is 4.32. The Morgan fingerprint density at radius 1 is 0.967 bits per heavy atom. The molecule has 3 aromatic carbocycles. The molecule has 0 aliphatic carbocycles. The minimum Gasteiger partial charge on any atom is -0.351 e. The number of benzene rings is 3. The van der Waals surface area contributed by atoms with Crippen LogP contribution in [0.4, 0.5) is 0 Å². The van der Waals surface area contributed by atoms with Crippen molar-refractivity contribution in [2.24, 2.45) is 5.73 Å². The lowest BCUT2D eigenvalue weighted by atomic mass is 10.1. The maximum atomic E-state index is 13.2. The molecule has 0 aromatic heterocycles. The van der Waals surface area contributed by atoms with Crippen LogP contribution in [0.15, 0.2) is 71.6 Å². The number of fused-ring (bicyclic) bond motifs is 1. The molecule has 30 heavy (non-hydrogen) atoms. The van der Waals surface area contributed by atoms with Crippen molar-refractivity contribution in [2.75, 3.05) is 6.54 Å². The van der Waals surface area contributed by atoms with E-state index in [4.69, 9.17) is 5.73 Å². The molecule has 0 saturated heterocycles. The lowest BCUT2D eigenvalue weighted by molar-refractivity contribution is -0.123. The van der Waals surface area contributed by atoms with E-state index in [1.807, 2.05) is 49.4 Å². The molecule has 7 heteroatoms. The van der Waals surface area contributed by atoms with Crippen LogP contribution >= 0.6 is 0 Å². The van der Waals surface area contributed by atoms with Crippen LogP contribution in [-0.2, 0) is 21.4 Å². The lowest BCUT2D eigenvalue weighted by Gasteiger charge is -2.19. The predicted octanol–water partition coefficient (Wildman–Crippen LogP) is 2.85. The smallest absolute Gasteiger partial charge is 0.241 e. The van der Waals surface area contributed by atoms with Gasteiger partial charge >= 0.3 is 0 Å². The minimum atomic E-state index is -3.91. The Hall–Kier alpha value is -2.74. The van der Waals surface area contributed by atoms with Crippen molar-refractivity contribution >= 4 is 26.7 Å². The van der Waals surface area contributed by atoms with E-state index in [0.29, 0.717) is 31.3 Å². The Kier molecular flexibility index (Phi) is 7.20. The van der Waals surface area contributed by atoms with E-state index in [-0.39, 0.29) is 10.8 Å². The quantitative estimate of drug-likeness (QED) is 0.491. The third-order valence-corrected chi connectivity index (χ3v) is 6.54. The van der Waals surface area contributed by atoms with Gasteiger partial charge in [0.15, 0.2) is 0 Å². The highest BCUT2D eigenvalue weighted by Gasteiger charge is 2.26. The molecular weight excluding hydrogens is 398 g/mol. The van der Waals surface area contributed by atoms with Crippen molar-refractivity contribution in [2.45, 2.75) is 37.2 Å². The van der Waals surface area contributed by atoms with Gasteiger partial charge in [-0.05, 0) is 48.9 Å². The fourth-order valence-corrected chi connectivity index (χ4v) is 4.82. The van der Waals surface area contributed by atoms with E-state index < -0.39 is 16.1 Å². The molecule has 0 bridgehead atoms. The first kappa shape index (κ1) is 22.0. The van der Waals surface area contributed by atoms with Gasteiger partial charge in [-0.2, -0.15) is 4.72 Å². The number of nitrogens with one attached hydrogen (secondary N) is 2. The second-order valence-electron chi connectivity index (χ2n) is 7.23. The van der Waals surface area contributed by atoms with Gasteiger partial charge in [-0.3, -0.25) is 4.79 Å². The first-order valence-corrected chi connectivity index (χ1v) is 11.4. The summed E-state index contributed by atoms with van der Waals surface area (Å²) in [4.78, 5) is 12.9. The van der Waals surface area contributed by atoms with Crippen LogP contribution in [0.3, 0.4) is 0 Å². The number of sulfonamides is 1. The Balaban J connectivity index is 1.83. The monoisotopic (exact) mass is 425 g/mol. The third-order valence-electron chi connectivity index (χ3n) is 5.01. The fourth-order valence-electron chi connectivity index (χ4n) is 3.38. The number of hydrogen-bond donors (Lipinski definition) is 3. The summed E-state index contributed by atoms with van der Waals surface area (Å²) in [6.07, 6.45) is 0.848. The van der Waals surface area contributed by atoms with Crippen molar-refractivity contribution in [3.63, 3.8) is 0 Å². The van der Waals surface area contributed by atoms with Gasteiger partial charge in [-0.25, -0.2) is 8.42 Å². The third kappa shape index (κ3) is 5.24. The van der Waals surface area contributed by atoms with E-state index in [9.17, 15) is 13.2 Å². The number of rotatable bonds is 9. The second-order valence-corrected chi connectivity index (χ2v) is 8.92. The van der Waals surface area contributed by atoms with Gasteiger partial charge in [-0.1, -0.05) is 60.7 Å². The summed E-state index contributed by atoms with van der Waals surface area (Å²) in [7, 11) is -3.91. The summed E-state index contributed by atoms with van der Waals surface area (Å²) in [6, 6.07) is 19.3. The van der Waals surface area contributed by atoms with Crippen LogP contribution in [0, 0.1) is 6.92 Å². The number of carbonyl (C=O) groups excluding carboxylic acids is 1. The van der Waals surface area contributed by atoms with Gasteiger partial charge in [0.05, 0.1) is 4.90 Å². The molecule has 0 heterocycles. The van der Waals surface area contributed by atoms with Crippen LogP contribution < -0.4 is 15.8 Å². The predicted molar refractivity (Wildman–Crippen MR) is 119 cm³/mol. The van der Waals surface area contributed by atoms with E-state index in [0.717, 1.165) is 16.5 Å². The van der Waals surface area contributed by atoms with Crippen LogP contribution in [0.5, 0.6) is 0 Å². The van der Waals surface area contributed by atoms with Gasteiger partial charge < -0.3 is 11.1 Å². The molecule has 0 radical (unpaired) electrons. The Morgan fingerprint density at radius 3 is 2.33 bits per heavy atom. The Morgan fingerprint density at radius 2 is 1.63 bits per heavy atom. The first-order valence-electron chi connectivity index (χ1n) is 9.95. The molecule has 1 atom stereocenters. The zero-order chi connectivity index (χ0) is 21.6. The summed E-state index contributed by atoms with van der Waals surface area (Å²) in [5.74, 6) is -0.368. The molecule has 0 aliphatic rings. The van der Waals surface area contributed by atoms with E-state index in [2.05, 4.69) is 10.0 Å². The highest BCUT2D eigenvalue weighted by atomic mass is 32.2. The molecule has 0 unspecified atom stereocenters. The Labute approximate surface area is 177 Å². The van der Waals surface area contributed by atoms with Crippen molar-refractivity contribution in [3.8, 4) is 0 Å². The van der Waals surface area contributed by atoms with Crippen molar-refractivity contribution in [3.05, 3.63) is 77.9 Å². The zero-order valence-corrected chi connectivity index (χ0v) is 17.8. The summed E-state index contributed by atoms with van der Waals surface area (Å²) in [5.41, 5.74) is 7.53. The van der Waals surface area contributed by atoms with Crippen LogP contribution in [-0.4, -0.2) is 26.9 Å². The van der Waals surface area contributed by atoms with Gasteiger partial charge in [0.1, 0.15) is 6.04 Å². The van der Waals surface area contributed by atoms with Crippen LogP contribution in [0.25, 0.3) is 10.8 Å². The van der Waals surface area contributed by atoms with Crippen LogP contribution in [0.2, 0.25) is 0 Å². The fraction of sp³-hybridized carbons (Fsp3) is 0.261. The van der Waals surface area contributed by atoms with Crippen molar-refractivity contribution < 1.29 is 13.2 Å². The van der Waals surface area contributed by atoms with Crippen LogP contribution in [0.1, 0.15) is 24.0 Å². The topological polar surface area (TPSA) is 101 Å². The molecule has 0 aliphatic heterocycles. The molecular formula is C23H27N3O3S. The number of nitrogens with two attached hydrogens (primary N) is 1. The van der Waals surface area contributed by atoms with Gasteiger partial charge in [-0.15, -0.1) is 0 Å². The highest BCUT2D eigenvalue weighted by molar-refractivity contribution is 7.89. The normalized spacial score (nSPS) is 12.6. The Bertz CT molecular complexity index is 1120. The molecule has 6 nitrogen and oxygen atoms in total. The molecule has 4 N–H and O–H groups in total. The molecule has 1 amide bonds. The standard InChI is InChI=1S/C23H27N3O3S/c1-17-13-14-22(20-11-6-5-10-19(17)20)30(28,29)26-21(12-7-15-24)23(27)25-16-18-8-3-2-4-9-18/h2-6,8-11,13-14,21,26H,7,12,15-16,24H2,1H3,(H,25,27)/t21-/m0/s1. The molecule has 0 fully saturated rings. The molecule has 0 saturated carbocycles. The average molecular weight is 426 g/mol. The average Bonchev–Trinajstić information content (AvgIpc) is 2.76. The summed E-state index contributed by atoms with van der Waals surface area (Å²) >= 11 is 0. The second kappa shape index (κ2) is 9.84. The molecule has 158 valence electrons. The SMILES string of the molecule is Cc1ccc(S(=O)(=O)N[C@@H](CCCN)C(=O)NCc2ccccc2)c2ccccc12. The van der Waals surface area contributed by atoms with Crippen molar-refractivity contribution in [1.82, 2.24) is 10.0 Å².